The van der Waals surface area contributed by atoms with Crippen LogP contribution in [0.1, 0.15) is 42.9 Å². The van der Waals surface area contributed by atoms with Gasteiger partial charge in [0.05, 0.1) is 7.11 Å². The van der Waals surface area contributed by atoms with Crippen LogP contribution < -0.4 is 10.6 Å². The van der Waals surface area contributed by atoms with Gasteiger partial charge in [-0.05, 0) is 25.8 Å². The molecule has 0 radical (unpaired) electrons. The van der Waals surface area contributed by atoms with E-state index in [1.807, 2.05) is 20.8 Å². The molecule has 6 nitrogen and oxygen atoms in total. The van der Waals surface area contributed by atoms with Crippen molar-refractivity contribution in [1.82, 2.24) is 9.97 Å². The molecule has 0 aliphatic carbocycles. The molecule has 2 rings (SSSR count). The zero-order valence-corrected chi connectivity index (χ0v) is 12.7. The van der Waals surface area contributed by atoms with Gasteiger partial charge in [-0.2, -0.15) is 0 Å². The predicted molar refractivity (Wildman–Crippen MR) is 78.9 cm³/mol. The molecule has 1 saturated heterocycles. The molecule has 1 fully saturated rings. The van der Waals surface area contributed by atoms with Crippen molar-refractivity contribution in [2.45, 2.75) is 39.7 Å². The zero-order chi connectivity index (χ0) is 15.1. The first kappa shape index (κ1) is 16.4. The first-order valence-corrected chi connectivity index (χ1v) is 7.04. The van der Waals surface area contributed by atoms with E-state index in [1.165, 1.54) is 7.11 Å². The standard InChI is InChI=1S/C12H18N4O2.C2H6/c1-8-7-10(11(17)18-2)15-12(14-8)16-5-3-9(13)4-6-16;1-2/h7,9H,3-6,13H2,1-2H3;1-2H3. The van der Waals surface area contributed by atoms with E-state index in [4.69, 9.17) is 5.73 Å². The highest BCUT2D eigenvalue weighted by Gasteiger charge is 2.20. The van der Waals surface area contributed by atoms with E-state index in [0.717, 1.165) is 31.6 Å². The summed E-state index contributed by atoms with van der Waals surface area (Å²) in [7, 11) is 1.35. The number of methoxy groups -OCH3 is 1. The topological polar surface area (TPSA) is 81.3 Å². The number of piperidine rings is 1. The Morgan fingerprint density at radius 3 is 2.50 bits per heavy atom. The maximum Gasteiger partial charge on any atom is 0.356 e. The van der Waals surface area contributed by atoms with Gasteiger partial charge >= 0.3 is 5.97 Å². The van der Waals surface area contributed by atoms with Crippen molar-refractivity contribution in [3.63, 3.8) is 0 Å². The van der Waals surface area contributed by atoms with Crippen molar-refractivity contribution >= 4 is 11.9 Å². The molecular weight excluding hydrogens is 256 g/mol. The number of nitrogens with zero attached hydrogens (tertiary/aromatic N) is 3. The second-order valence-corrected chi connectivity index (χ2v) is 4.51. The largest absolute Gasteiger partial charge is 0.464 e. The fourth-order valence-corrected chi connectivity index (χ4v) is 2.00. The molecule has 0 aromatic carbocycles. The molecule has 0 atom stereocenters. The summed E-state index contributed by atoms with van der Waals surface area (Å²) < 4.78 is 4.68. The number of aromatic nitrogens is 2. The summed E-state index contributed by atoms with van der Waals surface area (Å²) in [5.41, 5.74) is 6.92. The zero-order valence-electron chi connectivity index (χ0n) is 12.7. The van der Waals surface area contributed by atoms with Crippen LogP contribution in [-0.2, 0) is 4.74 Å². The van der Waals surface area contributed by atoms with Gasteiger partial charge in [0.25, 0.3) is 0 Å². The van der Waals surface area contributed by atoms with Crippen molar-refractivity contribution in [3.05, 3.63) is 17.5 Å². The Labute approximate surface area is 120 Å². The Morgan fingerprint density at radius 1 is 1.35 bits per heavy atom. The average Bonchev–Trinajstić information content (AvgIpc) is 2.48. The normalized spacial score (nSPS) is 15.3. The maximum atomic E-state index is 11.5. The quantitative estimate of drug-likeness (QED) is 0.827. The van der Waals surface area contributed by atoms with E-state index in [2.05, 4.69) is 19.6 Å². The van der Waals surface area contributed by atoms with Crippen LogP contribution in [0.25, 0.3) is 0 Å². The molecule has 1 aliphatic heterocycles. The van der Waals surface area contributed by atoms with E-state index in [0.29, 0.717) is 11.6 Å². The second-order valence-electron chi connectivity index (χ2n) is 4.51. The number of aryl methyl sites for hydroxylation is 1. The molecule has 2 heterocycles. The van der Waals surface area contributed by atoms with Gasteiger partial charge in [0.1, 0.15) is 0 Å². The minimum absolute atomic E-state index is 0.256. The number of ether oxygens (including phenoxy) is 1. The fourth-order valence-electron chi connectivity index (χ4n) is 2.00. The lowest BCUT2D eigenvalue weighted by Crippen LogP contribution is -2.40. The lowest BCUT2D eigenvalue weighted by molar-refractivity contribution is 0.0593. The third-order valence-corrected chi connectivity index (χ3v) is 3.06. The Morgan fingerprint density at radius 2 is 1.95 bits per heavy atom. The molecular formula is C14H24N4O2. The van der Waals surface area contributed by atoms with Crippen LogP contribution in [0.3, 0.4) is 0 Å². The second kappa shape index (κ2) is 7.79. The third kappa shape index (κ3) is 4.16. The van der Waals surface area contributed by atoms with Crippen LogP contribution in [0.5, 0.6) is 0 Å². The molecule has 2 N–H and O–H groups in total. The predicted octanol–water partition coefficient (Wildman–Crippen LogP) is 1.53. The van der Waals surface area contributed by atoms with Gasteiger partial charge in [-0.1, -0.05) is 13.8 Å². The maximum absolute atomic E-state index is 11.5. The lowest BCUT2D eigenvalue weighted by atomic mass is 10.1. The van der Waals surface area contributed by atoms with Crippen LogP contribution in [-0.4, -0.2) is 42.2 Å². The molecule has 0 spiro atoms. The van der Waals surface area contributed by atoms with Gasteiger partial charge in [0, 0.05) is 24.8 Å². The molecule has 1 aromatic heterocycles. The Hall–Kier alpha value is -1.69. The highest BCUT2D eigenvalue weighted by molar-refractivity contribution is 5.87. The molecule has 6 heteroatoms. The first-order valence-electron chi connectivity index (χ1n) is 7.04. The van der Waals surface area contributed by atoms with Crippen LogP contribution in [0, 0.1) is 6.92 Å². The summed E-state index contributed by atoms with van der Waals surface area (Å²) in [4.78, 5) is 22.2. The highest BCUT2D eigenvalue weighted by atomic mass is 16.5. The number of hydrogen-bond acceptors (Lipinski definition) is 6. The van der Waals surface area contributed by atoms with Gasteiger partial charge in [0.15, 0.2) is 5.69 Å². The molecule has 20 heavy (non-hydrogen) atoms. The average molecular weight is 280 g/mol. The third-order valence-electron chi connectivity index (χ3n) is 3.06. The number of rotatable bonds is 2. The summed E-state index contributed by atoms with van der Waals surface area (Å²) in [6.07, 6.45) is 1.84. The Bertz CT molecular complexity index is 443. The molecule has 1 aromatic rings. The minimum Gasteiger partial charge on any atom is -0.464 e. The monoisotopic (exact) mass is 280 g/mol. The van der Waals surface area contributed by atoms with Gasteiger partial charge in [-0.3, -0.25) is 0 Å². The summed E-state index contributed by atoms with van der Waals surface area (Å²) in [6, 6.07) is 1.89. The SMILES string of the molecule is CC.COC(=O)c1cc(C)nc(N2CCC(N)CC2)n1. The van der Waals surface area contributed by atoms with Gasteiger partial charge in [-0.25, -0.2) is 14.8 Å². The Balaban J connectivity index is 0.000000956. The minimum atomic E-state index is -0.435. The van der Waals surface area contributed by atoms with Gasteiger partial charge in [0.2, 0.25) is 5.95 Å². The van der Waals surface area contributed by atoms with Gasteiger partial charge < -0.3 is 15.4 Å². The van der Waals surface area contributed by atoms with E-state index >= 15 is 0 Å². The highest BCUT2D eigenvalue weighted by Crippen LogP contribution is 2.16. The van der Waals surface area contributed by atoms with Crippen LogP contribution in [0.15, 0.2) is 6.07 Å². The van der Waals surface area contributed by atoms with Crippen LogP contribution in [0.2, 0.25) is 0 Å². The first-order chi connectivity index (χ1) is 9.60. The number of carbonyl (C=O) groups excluding carboxylic acids is 1. The molecule has 0 saturated carbocycles. The van der Waals surface area contributed by atoms with Crippen LogP contribution >= 0.6 is 0 Å². The molecule has 112 valence electrons. The fraction of sp³-hybridized carbons (Fsp3) is 0.643. The molecule has 0 bridgehead atoms. The Kier molecular flexibility index (Phi) is 6.38. The number of anilines is 1. The summed E-state index contributed by atoms with van der Waals surface area (Å²) in [6.45, 7) is 7.49. The smallest absolute Gasteiger partial charge is 0.356 e. The molecule has 1 aliphatic rings. The summed E-state index contributed by atoms with van der Waals surface area (Å²) >= 11 is 0. The molecule has 0 unspecified atom stereocenters. The number of hydrogen-bond donors (Lipinski definition) is 1. The number of nitrogens with two attached hydrogens (primary N) is 1. The van der Waals surface area contributed by atoms with Crippen molar-refractivity contribution < 1.29 is 9.53 Å². The van der Waals surface area contributed by atoms with Crippen molar-refractivity contribution in [1.29, 1.82) is 0 Å². The van der Waals surface area contributed by atoms with E-state index in [9.17, 15) is 4.79 Å². The molecule has 0 amide bonds. The van der Waals surface area contributed by atoms with E-state index < -0.39 is 5.97 Å². The van der Waals surface area contributed by atoms with Crippen molar-refractivity contribution in [2.75, 3.05) is 25.1 Å². The summed E-state index contributed by atoms with van der Waals surface area (Å²) in [5.74, 6) is 0.151. The van der Waals surface area contributed by atoms with Gasteiger partial charge in [-0.15, -0.1) is 0 Å². The lowest BCUT2D eigenvalue weighted by Gasteiger charge is -2.30. The van der Waals surface area contributed by atoms with Crippen molar-refractivity contribution in [2.24, 2.45) is 5.73 Å². The summed E-state index contributed by atoms with van der Waals surface area (Å²) in [5, 5.41) is 0. The van der Waals surface area contributed by atoms with Crippen molar-refractivity contribution in [3.8, 4) is 0 Å². The number of esters is 1. The number of carbonyl (C=O) groups is 1. The van der Waals surface area contributed by atoms with E-state index in [1.54, 1.807) is 6.07 Å². The van der Waals surface area contributed by atoms with E-state index in [-0.39, 0.29) is 6.04 Å². The van der Waals surface area contributed by atoms with Crippen LogP contribution in [0.4, 0.5) is 5.95 Å².